The Bertz CT molecular complexity index is 556. The van der Waals surface area contributed by atoms with Gasteiger partial charge >= 0.3 is 0 Å². The van der Waals surface area contributed by atoms with Crippen molar-refractivity contribution in [2.75, 3.05) is 6.54 Å². The van der Waals surface area contributed by atoms with E-state index in [4.69, 9.17) is 4.42 Å². The fraction of sp³-hybridized carbons (Fsp3) is 0.235. The molecule has 3 nitrogen and oxygen atoms in total. The first-order chi connectivity index (χ1) is 9.81. The molecule has 1 heterocycles. The molecule has 104 valence electrons. The summed E-state index contributed by atoms with van der Waals surface area (Å²) in [5, 5.41) is 2.95. The molecule has 0 atom stereocenters. The predicted molar refractivity (Wildman–Crippen MR) is 80.9 cm³/mol. The van der Waals surface area contributed by atoms with Gasteiger partial charge in [-0.1, -0.05) is 43.7 Å². The van der Waals surface area contributed by atoms with Crippen molar-refractivity contribution in [1.29, 1.82) is 0 Å². The number of furan rings is 1. The van der Waals surface area contributed by atoms with Crippen molar-refractivity contribution in [3.05, 3.63) is 60.1 Å². The van der Waals surface area contributed by atoms with Crippen molar-refractivity contribution in [2.24, 2.45) is 0 Å². The van der Waals surface area contributed by atoms with E-state index in [2.05, 4.69) is 12.2 Å². The van der Waals surface area contributed by atoms with E-state index in [1.54, 1.807) is 12.3 Å². The van der Waals surface area contributed by atoms with Crippen LogP contribution in [-0.4, -0.2) is 12.5 Å². The Balaban J connectivity index is 2.23. The maximum absolute atomic E-state index is 12.3. The van der Waals surface area contributed by atoms with Crippen LogP contribution in [0.2, 0.25) is 0 Å². The lowest BCUT2D eigenvalue weighted by Gasteiger charge is -2.08. The summed E-state index contributed by atoms with van der Waals surface area (Å²) < 4.78 is 5.30. The van der Waals surface area contributed by atoms with Gasteiger partial charge in [0.2, 0.25) is 0 Å². The third-order valence-electron chi connectivity index (χ3n) is 2.98. The molecule has 20 heavy (non-hydrogen) atoms. The van der Waals surface area contributed by atoms with Crippen LogP contribution in [-0.2, 0) is 4.79 Å². The Kier molecular flexibility index (Phi) is 5.18. The van der Waals surface area contributed by atoms with Crippen molar-refractivity contribution in [3.8, 4) is 0 Å². The zero-order valence-electron chi connectivity index (χ0n) is 11.6. The summed E-state index contributed by atoms with van der Waals surface area (Å²) >= 11 is 0. The molecule has 0 radical (unpaired) electrons. The average molecular weight is 269 g/mol. The molecule has 1 N–H and O–H groups in total. The van der Waals surface area contributed by atoms with E-state index < -0.39 is 0 Å². The zero-order valence-corrected chi connectivity index (χ0v) is 11.6. The Morgan fingerprint density at radius 1 is 1.20 bits per heavy atom. The highest BCUT2D eigenvalue weighted by Gasteiger charge is 2.12. The van der Waals surface area contributed by atoms with Gasteiger partial charge in [0.05, 0.1) is 11.8 Å². The normalized spacial score (nSPS) is 11.3. The molecule has 1 amide bonds. The minimum Gasteiger partial charge on any atom is -0.465 e. The first-order valence-corrected chi connectivity index (χ1v) is 6.90. The number of unbranched alkanes of at least 4 members (excludes halogenated alkanes) is 1. The second-order valence-electron chi connectivity index (χ2n) is 4.55. The number of carbonyl (C=O) groups is 1. The Hall–Kier alpha value is -2.29. The van der Waals surface area contributed by atoms with Gasteiger partial charge in [-0.15, -0.1) is 0 Å². The SMILES string of the molecule is CCCCNC(=O)/C(=C/c1ccco1)c1ccccc1. The smallest absolute Gasteiger partial charge is 0.252 e. The average Bonchev–Trinajstić information content (AvgIpc) is 2.99. The van der Waals surface area contributed by atoms with Crippen molar-refractivity contribution in [1.82, 2.24) is 5.32 Å². The molecule has 0 aliphatic rings. The van der Waals surface area contributed by atoms with E-state index >= 15 is 0 Å². The standard InChI is InChI=1S/C17H19NO2/c1-2-3-11-18-17(19)16(13-15-10-7-12-20-15)14-8-5-4-6-9-14/h4-10,12-13H,2-3,11H2,1H3,(H,18,19)/b16-13+. The molecule has 0 unspecified atom stereocenters. The molecule has 1 aromatic carbocycles. The van der Waals surface area contributed by atoms with E-state index in [0.717, 1.165) is 18.4 Å². The van der Waals surface area contributed by atoms with Crippen molar-refractivity contribution in [3.63, 3.8) is 0 Å². The third-order valence-corrected chi connectivity index (χ3v) is 2.98. The van der Waals surface area contributed by atoms with Gasteiger partial charge in [0.25, 0.3) is 5.91 Å². The van der Waals surface area contributed by atoms with Crippen LogP contribution in [0.5, 0.6) is 0 Å². The summed E-state index contributed by atoms with van der Waals surface area (Å²) in [7, 11) is 0. The van der Waals surface area contributed by atoms with Gasteiger partial charge in [-0.3, -0.25) is 4.79 Å². The van der Waals surface area contributed by atoms with Gasteiger partial charge < -0.3 is 9.73 Å². The second-order valence-corrected chi connectivity index (χ2v) is 4.55. The zero-order chi connectivity index (χ0) is 14.2. The molecular weight excluding hydrogens is 250 g/mol. The van der Waals surface area contributed by atoms with Crippen LogP contribution in [0.15, 0.2) is 53.1 Å². The third kappa shape index (κ3) is 3.85. The molecule has 2 aromatic rings. The minimum atomic E-state index is -0.0685. The fourth-order valence-electron chi connectivity index (χ4n) is 1.89. The molecule has 2 rings (SSSR count). The summed E-state index contributed by atoms with van der Waals surface area (Å²) in [5.74, 6) is 0.607. The highest BCUT2D eigenvalue weighted by atomic mass is 16.3. The number of rotatable bonds is 6. The first-order valence-electron chi connectivity index (χ1n) is 6.90. The Labute approximate surface area is 119 Å². The molecule has 1 aromatic heterocycles. The highest BCUT2D eigenvalue weighted by Crippen LogP contribution is 2.18. The summed E-state index contributed by atoms with van der Waals surface area (Å²) in [6, 6.07) is 13.3. The maximum Gasteiger partial charge on any atom is 0.252 e. The summed E-state index contributed by atoms with van der Waals surface area (Å²) in [5.41, 5.74) is 1.51. The van der Waals surface area contributed by atoms with Gasteiger partial charge in [0, 0.05) is 6.54 Å². The van der Waals surface area contributed by atoms with Crippen molar-refractivity contribution < 1.29 is 9.21 Å². The number of amides is 1. The molecule has 0 aliphatic heterocycles. The van der Waals surface area contributed by atoms with E-state index in [-0.39, 0.29) is 5.91 Å². The molecule has 0 aliphatic carbocycles. The van der Waals surface area contributed by atoms with Gasteiger partial charge in [-0.25, -0.2) is 0 Å². The van der Waals surface area contributed by atoms with Crippen molar-refractivity contribution in [2.45, 2.75) is 19.8 Å². The Morgan fingerprint density at radius 3 is 2.65 bits per heavy atom. The number of benzene rings is 1. The lowest BCUT2D eigenvalue weighted by molar-refractivity contribution is -0.115. The molecule has 3 heteroatoms. The number of hydrogen-bond acceptors (Lipinski definition) is 2. The first kappa shape index (κ1) is 14.1. The summed E-state index contributed by atoms with van der Waals surface area (Å²) in [6.45, 7) is 2.79. The molecule has 0 saturated carbocycles. The molecule has 0 bridgehead atoms. The van der Waals surface area contributed by atoms with Crippen LogP contribution < -0.4 is 5.32 Å². The predicted octanol–water partition coefficient (Wildman–Crippen LogP) is 3.74. The summed E-state index contributed by atoms with van der Waals surface area (Å²) in [4.78, 5) is 12.3. The molecule has 0 fully saturated rings. The number of carbonyl (C=O) groups excluding carboxylic acids is 1. The molecule has 0 spiro atoms. The van der Waals surface area contributed by atoms with Gasteiger partial charge in [-0.05, 0) is 30.2 Å². The minimum absolute atomic E-state index is 0.0685. The quantitative estimate of drug-likeness (QED) is 0.641. The fourth-order valence-corrected chi connectivity index (χ4v) is 1.89. The highest BCUT2D eigenvalue weighted by molar-refractivity contribution is 6.24. The Morgan fingerprint density at radius 2 is 2.00 bits per heavy atom. The lowest BCUT2D eigenvalue weighted by Crippen LogP contribution is -2.25. The van der Waals surface area contributed by atoms with E-state index in [0.29, 0.717) is 17.9 Å². The van der Waals surface area contributed by atoms with Crippen LogP contribution in [0.3, 0.4) is 0 Å². The van der Waals surface area contributed by atoms with Crippen LogP contribution >= 0.6 is 0 Å². The van der Waals surface area contributed by atoms with E-state index in [1.165, 1.54) is 0 Å². The second kappa shape index (κ2) is 7.34. The molecule has 0 saturated heterocycles. The number of hydrogen-bond donors (Lipinski definition) is 1. The number of nitrogens with one attached hydrogen (secondary N) is 1. The van der Waals surface area contributed by atoms with Crippen LogP contribution in [0.1, 0.15) is 31.1 Å². The van der Waals surface area contributed by atoms with E-state index in [9.17, 15) is 4.79 Å². The van der Waals surface area contributed by atoms with Crippen molar-refractivity contribution >= 4 is 17.6 Å². The largest absolute Gasteiger partial charge is 0.465 e. The maximum atomic E-state index is 12.3. The van der Waals surface area contributed by atoms with Crippen LogP contribution in [0, 0.1) is 0 Å². The van der Waals surface area contributed by atoms with Gasteiger partial charge in [0.1, 0.15) is 5.76 Å². The monoisotopic (exact) mass is 269 g/mol. The van der Waals surface area contributed by atoms with E-state index in [1.807, 2.05) is 42.5 Å². The van der Waals surface area contributed by atoms with Crippen LogP contribution in [0.4, 0.5) is 0 Å². The van der Waals surface area contributed by atoms with Crippen LogP contribution in [0.25, 0.3) is 11.6 Å². The topological polar surface area (TPSA) is 42.2 Å². The lowest BCUT2D eigenvalue weighted by atomic mass is 10.0. The molecular formula is C17H19NO2. The summed E-state index contributed by atoms with van der Waals surface area (Å²) in [6.07, 6.45) is 5.41. The van der Waals surface area contributed by atoms with Gasteiger partial charge in [0.15, 0.2) is 0 Å². The van der Waals surface area contributed by atoms with Gasteiger partial charge in [-0.2, -0.15) is 0 Å².